The topological polar surface area (TPSA) is 61.4 Å². The smallest absolute Gasteiger partial charge is 0.431 e. The Kier molecular flexibility index (Phi) is 4.75. The minimum Gasteiger partial charge on any atom is -0.497 e. The zero-order valence-electron chi connectivity index (χ0n) is 17.1. The van der Waals surface area contributed by atoms with Crippen molar-refractivity contribution in [3.05, 3.63) is 59.4 Å². The first kappa shape index (κ1) is 20.3. The molecule has 3 aromatic rings. The predicted octanol–water partition coefficient (Wildman–Crippen LogP) is 4.60. The number of piperidine rings is 1. The highest BCUT2D eigenvalue weighted by Gasteiger charge is 2.49. The Hall–Kier alpha value is -2.58. The summed E-state index contributed by atoms with van der Waals surface area (Å²) in [6.45, 7) is 0.189. The van der Waals surface area contributed by atoms with Gasteiger partial charge in [-0.25, -0.2) is 4.98 Å². The van der Waals surface area contributed by atoms with Crippen molar-refractivity contribution < 1.29 is 23.0 Å². The third kappa shape index (κ3) is 3.47. The van der Waals surface area contributed by atoms with Crippen LogP contribution in [0.25, 0.3) is 11.0 Å². The highest BCUT2D eigenvalue weighted by molar-refractivity contribution is 5.81. The molecule has 0 radical (unpaired) electrons. The van der Waals surface area contributed by atoms with E-state index in [1.807, 2.05) is 24.3 Å². The SMILES string of the molecule is COc1ccc(C2(O)C[C@H]3CC[C@H](C2)N3Cc2c(C(F)(F)F)[nH]c3ncccc23)cc1. The maximum Gasteiger partial charge on any atom is 0.431 e. The molecule has 8 heteroatoms. The van der Waals surface area contributed by atoms with Crippen LogP contribution in [0.3, 0.4) is 0 Å². The van der Waals surface area contributed by atoms with E-state index in [1.54, 1.807) is 19.2 Å². The lowest BCUT2D eigenvalue weighted by Gasteiger charge is -2.44. The number of nitrogens with one attached hydrogen (secondary N) is 1. The first-order valence-corrected chi connectivity index (χ1v) is 10.4. The number of hydrogen-bond acceptors (Lipinski definition) is 4. The molecule has 0 unspecified atom stereocenters. The number of aromatic nitrogens is 2. The molecular formula is C23H24F3N3O2. The molecule has 5 rings (SSSR count). The van der Waals surface area contributed by atoms with Crippen LogP contribution in [0.15, 0.2) is 42.6 Å². The van der Waals surface area contributed by atoms with Crippen LogP contribution in [0.2, 0.25) is 0 Å². The predicted molar refractivity (Wildman–Crippen MR) is 110 cm³/mol. The molecular weight excluding hydrogens is 407 g/mol. The van der Waals surface area contributed by atoms with E-state index in [-0.39, 0.29) is 29.8 Å². The Labute approximate surface area is 177 Å². The quantitative estimate of drug-likeness (QED) is 0.634. The molecule has 2 aliphatic rings. The van der Waals surface area contributed by atoms with Gasteiger partial charge in [-0.3, -0.25) is 4.90 Å². The molecule has 164 valence electrons. The van der Waals surface area contributed by atoms with E-state index < -0.39 is 17.5 Å². The first-order chi connectivity index (χ1) is 14.8. The Balaban J connectivity index is 1.44. The minimum atomic E-state index is -4.48. The van der Waals surface area contributed by atoms with Crippen LogP contribution in [0.1, 0.15) is 42.5 Å². The monoisotopic (exact) mass is 431 g/mol. The molecule has 0 amide bonds. The van der Waals surface area contributed by atoms with E-state index in [4.69, 9.17) is 4.74 Å². The Morgan fingerprint density at radius 1 is 1.16 bits per heavy atom. The maximum absolute atomic E-state index is 13.7. The fourth-order valence-electron chi connectivity index (χ4n) is 5.38. The molecule has 2 aromatic heterocycles. The number of aliphatic hydroxyl groups is 1. The van der Waals surface area contributed by atoms with Gasteiger partial charge in [0.05, 0.1) is 12.7 Å². The second-order valence-corrected chi connectivity index (χ2v) is 8.60. The van der Waals surface area contributed by atoms with Crippen molar-refractivity contribution >= 4 is 11.0 Å². The number of hydrogen-bond donors (Lipinski definition) is 2. The van der Waals surface area contributed by atoms with Crippen LogP contribution in [-0.4, -0.2) is 39.2 Å². The number of rotatable bonds is 4. The minimum absolute atomic E-state index is 0.0218. The summed E-state index contributed by atoms with van der Waals surface area (Å²) in [5.41, 5.74) is -0.386. The number of H-pyrrole nitrogens is 1. The third-order valence-electron chi connectivity index (χ3n) is 6.85. The van der Waals surface area contributed by atoms with Gasteiger partial charge in [0, 0.05) is 35.8 Å². The zero-order chi connectivity index (χ0) is 21.8. The summed E-state index contributed by atoms with van der Waals surface area (Å²) in [7, 11) is 1.60. The zero-order valence-corrected chi connectivity index (χ0v) is 17.1. The number of aromatic amines is 1. The molecule has 2 N–H and O–H groups in total. The number of ether oxygens (including phenoxy) is 1. The molecule has 4 heterocycles. The van der Waals surface area contributed by atoms with Crippen molar-refractivity contribution in [2.45, 2.75) is 56.1 Å². The summed E-state index contributed by atoms with van der Waals surface area (Å²) < 4.78 is 46.4. The van der Waals surface area contributed by atoms with E-state index >= 15 is 0 Å². The molecule has 0 saturated carbocycles. The number of fused-ring (bicyclic) bond motifs is 3. The van der Waals surface area contributed by atoms with Gasteiger partial charge in [-0.05, 0) is 55.5 Å². The van der Waals surface area contributed by atoms with E-state index in [1.165, 1.54) is 6.20 Å². The Bertz CT molecular complexity index is 1080. The van der Waals surface area contributed by atoms with E-state index in [9.17, 15) is 18.3 Å². The third-order valence-corrected chi connectivity index (χ3v) is 6.85. The molecule has 0 aliphatic carbocycles. The van der Waals surface area contributed by atoms with Crippen LogP contribution in [0, 0.1) is 0 Å². The largest absolute Gasteiger partial charge is 0.497 e. The van der Waals surface area contributed by atoms with Crippen molar-refractivity contribution in [3.8, 4) is 5.75 Å². The van der Waals surface area contributed by atoms with Crippen molar-refractivity contribution in [3.63, 3.8) is 0 Å². The fourth-order valence-corrected chi connectivity index (χ4v) is 5.38. The summed E-state index contributed by atoms with van der Waals surface area (Å²) in [6, 6.07) is 10.8. The number of benzene rings is 1. The lowest BCUT2D eigenvalue weighted by molar-refractivity contribution is -0.141. The lowest BCUT2D eigenvalue weighted by atomic mass is 9.80. The number of halogens is 3. The van der Waals surface area contributed by atoms with Crippen molar-refractivity contribution in [1.82, 2.24) is 14.9 Å². The molecule has 0 spiro atoms. The second-order valence-electron chi connectivity index (χ2n) is 8.60. The molecule has 2 fully saturated rings. The second kappa shape index (κ2) is 7.24. The molecule has 31 heavy (non-hydrogen) atoms. The van der Waals surface area contributed by atoms with Gasteiger partial charge in [0.1, 0.15) is 17.1 Å². The number of methoxy groups -OCH3 is 1. The summed E-state index contributed by atoms with van der Waals surface area (Å²) in [5.74, 6) is 0.723. The van der Waals surface area contributed by atoms with Gasteiger partial charge >= 0.3 is 6.18 Å². The summed E-state index contributed by atoms with van der Waals surface area (Å²) in [4.78, 5) is 8.69. The molecule has 1 aromatic carbocycles. The molecule has 5 nitrogen and oxygen atoms in total. The van der Waals surface area contributed by atoms with Gasteiger partial charge in [-0.2, -0.15) is 13.2 Å². The standard InChI is InChI=1S/C23H24F3N3O2/c1-31-17-8-4-14(5-9-17)22(30)11-15-6-7-16(12-22)29(15)13-19-18-3-2-10-27-21(18)28-20(19)23(24,25)26/h2-5,8-10,15-16,30H,6-7,11-13H2,1H3,(H,27,28)/t15-,16-/m1/s1. The van der Waals surface area contributed by atoms with Gasteiger partial charge in [0.15, 0.2) is 0 Å². The number of alkyl halides is 3. The first-order valence-electron chi connectivity index (χ1n) is 10.4. The van der Waals surface area contributed by atoms with Gasteiger partial charge in [-0.1, -0.05) is 12.1 Å². The highest BCUT2D eigenvalue weighted by Crippen LogP contribution is 2.47. The number of nitrogens with zero attached hydrogens (tertiary/aromatic N) is 2. The van der Waals surface area contributed by atoms with Gasteiger partial charge < -0.3 is 14.8 Å². The summed E-state index contributed by atoms with van der Waals surface area (Å²) in [6.07, 6.45) is -0.261. The van der Waals surface area contributed by atoms with Crippen LogP contribution in [0.5, 0.6) is 5.75 Å². The normalized spacial score (nSPS) is 26.5. The van der Waals surface area contributed by atoms with E-state index in [2.05, 4.69) is 14.9 Å². The fraction of sp³-hybridized carbons (Fsp3) is 0.435. The number of pyridine rings is 1. The van der Waals surface area contributed by atoms with Crippen LogP contribution >= 0.6 is 0 Å². The summed E-state index contributed by atoms with van der Waals surface area (Å²) in [5, 5.41) is 11.9. The van der Waals surface area contributed by atoms with E-state index in [0.717, 1.165) is 24.2 Å². The van der Waals surface area contributed by atoms with Gasteiger partial charge in [-0.15, -0.1) is 0 Å². The lowest BCUT2D eigenvalue weighted by Crippen LogP contribution is -2.49. The molecule has 2 saturated heterocycles. The highest BCUT2D eigenvalue weighted by atomic mass is 19.4. The van der Waals surface area contributed by atoms with Gasteiger partial charge in [0.25, 0.3) is 0 Å². The van der Waals surface area contributed by atoms with Gasteiger partial charge in [0.2, 0.25) is 0 Å². The van der Waals surface area contributed by atoms with Crippen LogP contribution in [0.4, 0.5) is 13.2 Å². The van der Waals surface area contributed by atoms with Crippen LogP contribution < -0.4 is 4.74 Å². The van der Waals surface area contributed by atoms with Crippen molar-refractivity contribution in [2.24, 2.45) is 0 Å². The maximum atomic E-state index is 13.7. The Morgan fingerprint density at radius 2 is 1.84 bits per heavy atom. The van der Waals surface area contributed by atoms with Crippen LogP contribution in [-0.2, 0) is 18.3 Å². The van der Waals surface area contributed by atoms with E-state index in [0.29, 0.717) is 18.2 Å². The molecule has 2 aliphatic heterocycles. The average molecular weight is 431 g/mol. The average Bonchev–Trinajstić information content (AvgIpc) is 3.24. The van der Waals surface area contributed by atoms with Crippen molar-refractivity contribution in [2.75, 3.05) is 7.11 Å². The molecule has 2 bridgehead atoms. The molecule has 2 atom stereocenters. The van der Waals surface area contributed by atoms with Crippen molar-refractivity contribution in [1.29, 1.82) is 0 Å². The summed E-state index contributed by atoms with van der Waals surface area (Å²) >= 11 is 0. The Morgan fingerprint density at radius 3 is 2.45 bits per heavy atom.